The first-order chi connectivity index (χ1) is 10.6. The molecule has 0 bridgehead atoms. The van der Waals surface area contributed by atoms with Gasteiger partial charge in [-0.2, -0.15) is 0 Å². The van der Waals surface area contributed by atoms with Crippen LogP contribution < -0.4 is 5.84 Å². The molecule has 0 radical (unpaired) electrons. The maximum absolute atomic E-state index is 12.2. The molecule has 3 rings (SSSR count). The number of nitrogens with two attached hydrogens (primary N) is 1. The molecule has 1 fully saturated rings. The van der Waals surface area contributed by atoms with Crippen LogP contribution in [0, 0.1) is 5.92 Å². The highest BCUT2D eigenvalue weighted by molar-refractivity contribution is 7.99. The summed E-state index contributed by atoms with van der Waals surface area (Å²) in [5.74, 6) is 8.12. The van der Waals surface area contributed by atoms with Crippen LogP contribution in [0.2, 0.25) is 0 Å². The average molecular weight is 321 g/mol. The van der Waals surface area contributed by atoms with Crippen molar-refractivity contribution in [3.8, 4) is 11.6 Å². The fraction of sp³-hybridized carbons (Fsp3) is 0.500. The summed E-state index contributed by atoms with van der Waals surface area (Å²) in [5, 5.41) is 8.53. The van der Waals surface area contributed by atoms with Gasteiger partial charge in [-0.3, -0.25) is 4.79 Å². The van der Waals surface area contributed by atoms with E-state index in [0.29, 0.717) is 28.4 Å². The fourth-order valence-corrected chi connectivity index (χ4v) is 3.18. The number of furan rings is 1. The highest BCUT2D eigenvalue weighted by Gasteiger charge is 2.21. The maximum atomic E-state index is 12.2. The third kappa shape index (κ3) is 3.11. The van der Waals surface area contributed by atoms with Crippen molar-refractivity contribution in [1.82, 2.24) is 19.8 Å². The van der Waals surface area contributed by atoms with Gasteiger partial charge in [0.2, 0.25) is 16.9 Å². The summed E-state index contributed by atoms with van der Waals surface area (Å²) in [7, 11) is 0. The molecule has 22 heavy (non-hydrogen) atoms. The number of carbonyl (C=O) groups excluding carboxylic acids is 1. The van der Waals surface area contributed by atoms with Crippen LogP contribution in [0.4, 0.5) is 0 Å². The van der Waals surface area contributed by atoms with E-state index in [2.05, 4.69) is 17.1 Å². The lowest BCUT2D eigenvalue weighted by atomic mass is 9.99. The molecule has 0 aliphatic carbocycles. The first-order valence-corrected chi connectivity index (χ1v) is 8.28. The number of nitrogen functional groups attached to an aromatic ring is 1. The Balaban J connectivity index is 1.59. The zero-order chi connectivity index (χ0) is 15.5. The maximum Gasteiger partial charge on any atom is 0.233 e. The van der Waals surface area contributed by atoms with E-state index in [-0.39, 0.29) is 5.91 Å². The second-order valence-corrected chi connectivity index (χ2v) is 6.45. The minimum Gasteiger partial charge on any atom is -0.461 e. The number of thioether (sulfide) groups is 1. The summed E-state index contributed by atoms with van der Waals surface area (Å²) in [4.78, 5) is 14.1. The first kappa shape index (κ1) is 15.0. The van der Waals surface area contributed by atoms with Crippen LogP contribution in [0.15, 0.2) is 28.0 Å². The van der Waals surface area contributed by atoms with Crippen molar-refractivity contribution in [3.63, 3.8) is 0 Å². The lowest BCUT2D eigenvalue weighted by Gasteiger charge is -2.30. The average Bonchev–Trinajstić information content (AvgIpc) is 3.15. The third-order valence-electron chi connectivity index (χ3n) is 3.87. The summed E-state index contributed by atoms with van der Waals surface area (Å²) in [5.41, 5.74) is 0. The molecule has 0 unspecified atom stereocenters. The normalized spacial score (nSPS) is 16.1. The number of hydrogen-bond acceptors (Lipinski definition) is 6. The molecule has 2 aromatic rings. The van der Waals surface area contributed by atoms with E-state index in [0.717, 1.165) is 25.9 Å². The lowest BCUT2D eigenvalue weighted by molar-refractivity contribution is -0.129. The zero-order valence-electron chi connectivity index (χ0n) is 12.4. The van der Waals surface area contributed by atoms with Gasteiger partial charge in [-0.25, -0.2) is 4.68 Å². The summed E-state index contributed by atoms with van der Waals surface area (Å²) >= 11 is 1.30. The smallest absolute Gasteiger partial charge is 0.233 e. The van der Waals surface area contributed by atoms with E-state index in [1.54, 1.807) is 18.4 Å². The Morgan fingerprint density at radius 1 is 1.45 bits per heavy atom. The van der Waals surface area contributed by atoms with Crippen molar-refractivity contribution in [2.24, 2.45) is 5.92 Å². The van der Waals surface area contributed by atoms with Crippen LogP contribution in [0.5, 0.6) is 0 Å². The molecule has 1 aliphatic heterocycles. The van der Waals surface area contributed by atoms with Crippen LogP contribution >= 0.6 is 11.8 Å². The molecule has 1 saturated heterocycles. The number of hydrogen-bond donors (Lipinski definition) is 1. The second kappa shape index (κ2) is 6.43. The molecule has 0 atom stereocenters. The number of amides is 1. The van der Waals surface area contributed by atoms with E-state index >= 15 is 0 Å². The number of nitrogens with zero attached hydrogens (tertiary/aromatic N) is 4. The first-order valence-electron chi connectivity index (χ1n) is 7.30. The van der Waals surface area contributed by atoms with Gasteiger partial charge in [0.25, 0.3) is 0 Å². The Kier molecular flexibility index (Phi) is 4.37. The SMILES string of the molecule is CC1CCN(C(=O)CSc2nnc(-c3ccco3)n2N)CC1. The number of rotatable bonds is 4. The monoisotopic (exact) mass is 321 g/mol. The predicted molar refractivity (Wildman–Crippen MR) is 83.6 cm³/mol. The highest BCUT2D eigenvalue weighted by atomic mass is 32.2. The van der Waals surface area contributed by atoms with Gasteiger partial charge in [0.05, 0.1) is 12.0 Å². The zero-order valence-corrected chi connectivity index (χ0v) is 13.3. The third-order valence-corrected chi connectivity index (χ3v) is 4.80. The molecule has 1 amide bonds. The van der Waals surface area contributed by atoms with E-state index in [9.17, 15) is 4.79 Å². The molecule has 3 heterocycles. The molecule has 8 heteroatoms. The van der Waals surface area contributed by atoms with Crippen molar-refractivity contribution < 1.29 is 9.21 Å². The van der Waals surface area contributed by atoms with E-state index in [1.807, 2.05) is 4.90 Å². The van der Waals surface area contributed by atoms with Gasteiger partial charge in [0.1, 0.15) is 0 Å². The van der Waals surface area contributed by atoms with Gasteiger partial charge in [-0.05, 0) is 30.9 Å². The van der Waals surface area contributed by atoms with Crippen molar-refractivity contribution >= 4 is 17.7 Å². The molecule has 2 N–H and O–H groups in total. The van der Waals surface area contributed by atoms with Gasteiger partial charge in [0.15, 0.2) is 5.76 Å². The molecule has 2 aromatic heterocycles. The van der Waals surface area contributed by atoms with Crippen LogP contribution in [0.1, 0.15) is 19.8 Å². The van der Waals surface area contributed by atoms with Crippen molar-refractivity contribution in [2.45, 2.75) is 24.9 Å². The minimum absolute atomic E-state index is 0.124. The van der Waals surface area contributed by atoms with Gasteiger partial charge < -0.3 is 15.2 Å². The van der Waals surface area contributed by atoms with Crippen molar-refractivity contribution in [2.75, 3.05) is 24.7 Å². The van der Waals surface area contributed by atoms with Gasteiger partial charge in [-0.15, -0.1) is 10.2 Å². The number of likely N-dealkylation sites (tertiary alicyclic amines) is 1. The van der Waals surface area contributed by atoms with Crippen molar-refractivity contribution in [3.05, 3.63) is 18.4 Å². The molecule has 0 spiro atoms. The summed E-state index contributed by atoms with van der Waals surface area (Å²) < 4.78 is 6.61. The quantitative estimate of drug-likeness (QED) is 0.679. The molecule has 0 saturated carbocycles. The minimum atomic E-state index is 0.124. The Hall–Kier alpha value is -1.96. The van der Waals surface area contributed by atoms with Gasteiger partial charge >= 0.3 is 0 Å². The topological polar surface area (TPSA) is 90.2 Å². The Morgan fingerprint density at radius 2 is 2.23 bits per heavy atom. The van der Waals surface area contributed by atoms with Crippen LogP contribution in [0.3, 0.4) is 0 Å². The Labute approximate surface area is 132 Å². The molecule has 1 aliphatic rings. The van der Waals surface area contributed by atoms with Gasteiger partial charge in [0, 0.05) is 13.1 Å². The van der Waals surface area contributed by atoms with E-state index < -0.39 is 0 Å². The molecule has 118 valence electrons. The van der Waals surface area contributed by atoms with Crippen LogP contribution in [-0.2, 0) is 4.79 Å². The Morgan fingerprint density at radius 3 is 2.91 bits per heavy atom. The van der Waals surface area contributed by atoms with E-state index in [1.165, 1.54) is 16.4 Å². The summed E-state index contributed by atoms with van der Waals surface area (Å²) in [6.45, 7) is 3.91. The highest BCUT2D eigenvalue weighted by Crippen LogP contribution is 2.23. The summed E-state index contributed by atoms with van der Waals surface area (Å²) in [6, 6.07) is 3.53. The largest absolute Gasteiger partial charge is 0.461 e. The van der Waals surface area contributed by atoms with Crippen LogP contribution in [0.25, 0.3) is 11.6 Å². The molecule has 7 nitrogen and oxygen atoms in total. The van der Waals surface area contributed by atoms with E-state index in [4.69, 9.17) is 10.3 Å². The molecular formula is C14H19N5O2S. The van der Waals surface area contributed by atoms with Crippen molar-refractivity contribution in [1.29, 1.82) is 0 Å². The number of aromatic nitrogens is 3. The lowest BCUT2D eigenvalue weighted by Crippen LogP contribution is -2.39. The summed E-state index contributed by atoms with van der Waals surface area (Å²) in [6.07, 6.45) is 3.70. The number of carbonyl (C=O) groups is 1. The Bertz CT molecular complexity index is 632. The van der Waals surface area contributed by atoms with Crippen LogP contribution in [-0.4, -0.2) is 44.5 Å². The standard InChI is InChI=1S/C14H19N5O2S/c1-10-4-6-18(7-5-10)12(20)9-22-14-17-16-13(19(14)15)11-3-2-8-21-11/h2-3,8,10H,4-7,9,15H2,1H3. The van der Waals surface area contributed by atoms with Gasteiger partial charge in [-0.1, -0.05) is 18.7 Å². The predicted octanol–water partition coefficient (Wildman–Crippen LogP) is 1.60. The molecular weight excluding hydrogens is 302 g/mol. The fourth-order valence-electron chi connectivity index (χ4n) is 2.42. The second-order valence-electron chi connectivity index (χ2n) is 5.51. The number of piperidine rings is 1. The molecule has 0 aromatic carbocycles.